The molecule has 3 heteroatoms. The van der Waals surface area contributed by atoms with Gasteiger partial charge in [0.1, 0.15) is 0 Å². The lowest BCUT2D eigenvalue weighted by Crippen LogP contribution is -2.01. The molecule has 40 valence electrons. The van der Waals surface area contributed by atoms with Gasteiger partial charge in [-0.05, 0) is 0 Å². The summed E-state index contributed by atoms with van der Waals surface area (Å²) in [5.74, 6) is -0.285. The van der Waals surface area contributed by atoms with Crippen molar-refractivity contribution in [2.45, 2.75) is 0 Å². The molecule has 0 heterocycles. The van der Waals surface area contributed by atoms with E-state index in [1.807, 2.05) is 0 Å². The second kappa shape index (κ2) is 2.57. The smallest absolute Gasteiger partial charge is 0.327 e. The molecule has 0 radical (unpaired) electrons. The summed E-state index contributed by atoms with van der Waals surface area (Å²) in [5, 5.41) is 0.572. The van der Waals surface area contributed by atoms with E-state index in [1.54, 1.807) is 0 Å². The van der Waals surface area contributed by atoms with Gasteiger partial charge < -0.3 is 4.74 Å². The molecule has 0 bridgehead atoms. The number of methoxy groups -OCH3 is 1. The fraction of sp³-hybridized carbons (Fsp3) is 0.250. The third-order valence-corrected chi connectivity index (χ3v) is 0.942. The number of hydrogen-bond donors (Lipinski definition) is 0. The SMILES string of the molecule is C=C([SiH3])C(=O)OC. The Hall–Kier alpha value is -0.573. The predicted molar refractivity (Wildman–Crippen MR) is 31.1 cm³/mol. The Morgan fingerprint density at radius 3 is 2.29 bits per heavy atom. The maximum Gasteiger partial charge on any atom is 0.327 e. The molecule has 0 aliphatic heterocycles. The Bertz CT molecular complexity index is 97.9. The number of hydrogen-bond acceptors (Lipinski definition) is 2. The van der Waals surface area contributed by atoms with E-state index in [4.69, 9.17) is 0 Å². The van der Waals surface area contributed by atoms with Crippen molar-refractivity contribution in [2.24, 2.45) is 0 Å². The van der Waals surface area contributed by atoms with Gasteiger partial charge in [-0.3, -0.25) is 0 Å². The van der Waals surface area contributed by atoms with Crippen LogP contribution in [0, 0.1) is 0 Å². The number of ether oxygens (including phenoxy) is 1. The molecule has 0 aliphatic rings. The lowest BCUT2D eigenvalue weighted by Gasteiger charge is -1.91. The Morgan fingerprint density at radius 1 is 1.86 bits per heavy atom. The van der Waals surface area contributed by atoms with Crippen LogP contribution in [0.5, 0.6) is 0 Å². The average molecular weight is 116 g/mol. The second-order valence-corrected chi connectivity index (χ2v) is 2.48. The first kappa shape index (κ1) is 6.43. The summed E-state index contributed by atoms with van der Waals surface area (Å²) in [6, 6.07) is 0. The molecular weight excluding hydrogens is 108 g/mol. The molecule has 0 amide bonds. The summed E-state index contributed by atoms with van der Waals surface area (Å²) in [5.41, 5.74) is 0. The lowest BCUT2D eigenvalue weighted by molar-refractivity contribution is -0.135. The van der Waals surface area contributed by atoms with E-state index < -0.39 is 0 Å². The third-order valence-electron chi connectivity index (χ3n) is 0.534. The van der Waals surface area contributed by atoms with Gasteiger partial charge in [0, 0.05) is 15.4 Å². The predicted octanol–water partition coefficient (Wildman–Crippen LogP) is -0.962. The van der Waals surface area contributed by atoms with Crippen molar-refractivity contribution in [1.82, 2.24) is 0 Å². The number of esters is 1. The molecule has 0 aromatic rings. The zero-order chi connectivity index (χ0) is 5.86. The van der Waals surface area contributed by atoms with E-state index in [0.29, 0.717) is 15.4 Å². The minimum absolute atomic E-state index is 0.285. The molecule has 0 unspecified atom stereocenters. The van der Waals surface area contributed by atoms with Crippen LogP contribution in [-0.2, 0) is 9.53 Å². The van der Waals surface area contributed by atoms with Crippen LogP contribution >= 0.6 is 0 Å². The highest BCUT2D eigenvalue weighted by Crippen LogP contribution is 1.81. The van der Waals surface area contributed by atoms with Gasteiger partial charge in [-0.1, -0.05) is 6.58 Å². The van der Waals surface area contributed by atoms with Gasteiger partial charge >= 0.3 is 5.97 Å². The van der Waals surface area contributed by atoms with E-state index in [2.05, 4.69) is 11.3 Å². The largest absolute Gasteiger partial charge is 0.466 e. The molecule has 0 atom stereocenters. The minimum atomic E-state index is -0.285. The summed E-state index contributed by atoms with van der Waals surface area (Å²) in [6.45, 7) is 3.41. The van der Waals surface area contributed by atoms with Crippen molar-refractivity contribution in [3.8, 4) is 0 Å². The molecule has 0 aromatic carbocycles. The summed E-state index contributed by atoms with van der Waals surface area (Å²) >= 11 is 0. The summed E-state index contributed by atoms with van der Waals surface area (Å²) in [7, 11) is 2.05. The van der Waals surface area contributed by atoms with Crippen molar-refractivity contribution >= 4 is 16.2 Å². The standard InChI is InChI=1S/C4H8O2Si/c1-3(7)4(5)6-2/h1H2,2,7H3. The zero-order valence-electron chi connectivity index (χ0n) is 4.52. The van der Waals surface area contributed by atoms with Crippen LogP contribution in [-0.4, -0.2) is 23.3 Å². The minimum Gasteiger partial charge on any atom is -0.466 e. The van der Waals surface area contributed by atoms with Crippen molar-refractivity contribution in [2.75, 3.05) is 7.11 Å². The highest BCUT2D eigenvalue weighted by atomic mass is 28.1. The molecule has 0 spiro atoms. The molecule has 2 nitrogen and oxygen atoms in total. The van der Waals surface area contributed by atoms with E-state index in [9.17, 15) is 4.79 Å². The molecule has 0 fully saturated rings. The van der Waals surface area contributed by atoms with Gasteiger partial charge in [0.25, 0.3) is 0 Å². The maximum absolute atomic E-state index is 10.2. The molecule has 0 aromatic heterocycles. The summed E-state index contributed by atoms with van der Waals surface area (Å²) in [6.07, 6.45) is 0. The van der Waals surface area contributed by atoms with Crippen LogP contribution in [0.25, 0.3) is 0 Å². The van der Waals surface area contributed by atoms with Gasteiger partial charge in [0.05, 0.1) is 7.11 Å². The highest BCUT2D eigenvalue weighted by Gasteiger charge is 1.95. The summed E-state index contributed by atoms with van der Waals surface area (Å²) < 4.78 is 4.31. The number of carbonyl (C=O) groups excluding carboxylic acids is 1. The van der Waals surface area contributed by atoms with Crippen LogP contribution < -0.4 is 0 Å². The van der Waals surface area contributed by atoms with E-state index >= 15 is 0 Å². The Morgan fingerprint density at radius 2 is 2.29 bits per heavy atom. The van der Waals surface area contributed by atoms with Gasteiger partial charge in [0.2, 0.25) is 0 Å². The molecule has 0 aliphatic carbocycles. The van der Waals surface area contributed by atoms with Crippen molar-refractivity contribution in [1.29, 1.82) is 0 Å². The van der Waals surface area contributed by atoms with Gasteiger partial charge in [-0.2, -0.15) is 0 Å². The van der Waals surface area contributed by atoms with Gasteiger partial charge in [-0.25, -0.2) is 4.79 Å². The van der Waals surface area contributed by atoms with Crippen LogP contribution in [0.1, 0.15) is 0 Å². The fourth-order valence-electron chi connectivity index (χ4n) is 0.174. The number of carbonyl (C=O) groups is 1. The molecule has 7 heavy (non-hydrogen) atoms. The van der Waals surface area contributed by atoms with Gasteiger partial charge in [0.15, 0.2) is 0 Å². The van der Waals surface area contributed by atoms with E-state index in [-0.39, 0.29) is 5.97 Å². The van der Waals surface area contributed by atoms with Crippen molar-refractivity contribution in [3.05, 3.63) is 11.8 Å². The Kier molecular flexibility index (Phi) is 2.36. The second-order valence-electron chi connectivity index (χ2n) is 1.27. The van der Waals surface area contributed by atoms with E-state index in [1.165, 1.54) is 7.11 Å². The van der Waals surface area contributed by atoms with Crippen LogP contribution in [0.2, 0.25) is 0 Å². The summed E-state index contributed by atoms with van der Waals surface area (Å²) in [4.78, 5) is 10.2. The molecular formula is C4H8O2Si. The average Bonchev–Trinajstić information content (AvgIpc) is 1.65. The van der Waals surface area contributed by atoms with Crippen LogP contribution in [0.15, 0.2) is 11.8 Å². The number of rotatable bonds is 1. The first-order valence-corrected chi connectivity index (χ1v) is 2.92. The topological polar surface area (TPSA) is 26.3 Å². The molecule has 0 N–H and O–H groups in total. The van der Waals surface area contributed by atoms with Crippen molar-refractivity contribution in [3.63, 3.8) is 0 Å². The monoisotopic (exact) mass is 116 g/mol. The lowest BCUT2D eigenvalue weighted by atomic mass is 10.6. The first-order valence-electron chi connectivity index (χ1n) is 1.92. The fourth-order valence-corrected chi connectivity index (χ4v) is 0.378. The molecule has 0 saturated heterocycles. The van der Waals surface area contributed by atoms with Crippen molar-refractivity contribution < 1.29 is 9.53 Å². The van der Waals surface area contributed by atoms with Crippen LogP contribution in [0.3, 0.4) is 0 Å². The molecule has 0 saturated carbocycles. The van der Waals surface area contributed by atoms with Gasteiger partial charge in [-0.15, -0.1) is 0 Å². The third kappa shape index (κ3) is 2.16. The zero-order valence-corrected chi connectivity index (χ0v) is 6.52. The quantitative estimate of drug-likeness (QED) is 0.250. The highest BCUT2D eigenvalue weighted by molar-refractivity contribution is 6.34. The molecule has 0 rings (SSSR count). The Labute approximate surface area is 45.6 Å². The first-order chi connectivity index (χ1) is 3.18. The van der Waals surface area contributed by atoms with E-state index in [0.717, 1.165) is 0 Å². The maximum atomic E-state index is 10.2. The Balaban J connectivity index is 3.58. The van der Waals surface area contributed by atoms with Crippen LogP contribution in [0.4, 0.5) is 0 Å². The normalized spacial score (nSPS) is 8.14.